The first-order valence-corrected chi connectivity index (χ1v) is 5.44. The molecule has 0 aliphatic carbocycles. The van der Waals surface area contributed by atoms with E-state index in [1.54, 1.807) is 13.8 Å². The molecule has 0 aliphatic rings. The van der Waals surface area contributed by atoms with Crippen LogP contribution in [0, 0.1) is 5.82 Å². The fourth-order valence-electron chi connectivity index (χ4n) is 1.56. The lowest BCUT2D eigenvalue weighted by Crippen LogP contribution is -2.34. The van der Waals surface area contributed by atoms with E-state index in [0.29, 0.717) is 12.0 Å². The molecule has 0 spiro atoms. The van der Waals surface area contributed by atoms with Crippen molar-refractivity contribution in [3.05, 3.63) is 29.6 Å². The maximum absolute atomic E-state index is 12.9. The number of rotatable bonds is 4. The van der Waals surface area contributed by atoms with Crippen LogP contribution in [-0.2, 0) is 0 Å². The predicted octanol–water partition coefficient (Wildman–Crippen LogP) is 1.30. The zero-order chi connectivity index (χ0) is 13.0. The molecule has 5 heteroatoms. The van der Waals surface area contributed by atoms with E-state index in [2.05, 4.69) is 5.32 Å². The summed E-state index contributed by atoms with van der Waals surface area (Å²) in [6.07, 6.45) is -0.0221. The summed E-state index contributed by atoms with van der Waals surface area (Å²) in [5.74, 6) is -0.872. The molecule has 4 N–H and O–H groups in total. The van der Waals surface area contributed by atoms with Crippen LogP contribution in [0.25, 0.3) is 0 Å². The second-order valence-electron chi connectivity index (χ2n) is 4.20. The van der Waals surface area contributed by atoms with Crippen molar-refractivity contribution in [3.63, 3.8) is 0 Å². The molecule has 0 fully saturated rings. The van der Waals surface area contributed by atoms with E-state index in [1.807, 2.05) is 0 Å². The molecule has 0 saturated carbocycles. The van der Waals surface area contributed by atoms with Gasteiger partial charge in [0.2, 0.25) is 0 Å². The van der Waals surface area contributed by atoms with Gasteiger partial charge < -0.3 is 16.2 Å². The molecule has 4 nitrogen and oxygen atoms in total. The molecule has 1 aromatic rings. The Labute approximate surface area is 99.6 Å². The normalized spacial score (nSPS) is 14.1. The second-order valence-corrected chi connectivity index (χ2v) is 4.20. The third-order valence-corrected chi connectivity index (χ3v) is 2.33. The van der Waals surface area contributed by atoms with Gasteiger partial charge in [0.25, 0.3) is 5.91 Å². The van der Waals surface area contributed by atoms with Gasteiger partial charge >= 0.3 is 0 Å². The minimum absolute atomic E-state index is 0.0548. The second kappa shape index (κ2) is 5.63. The van der Waals surface area contributed by atoms with Crippen LogP contribution in [0.1, 0.15) is 30.6 Å². The summed E-state index contributed by atoms with van der Waals surface area (Å²) in [6, 6.07) is 3.66. The summed E-state index contributed by atoms with van der Waals surface area (Å²) in [4.78, 5) is 11.7. The Balaban J connectivity index is 2.66. The predicted molar refractivity (Wildman–Crippen MR) is 64.0 cm³/mol. The van der Waals surface area contributed by atoms with Crippen molar-refractivity contribution in [2.45, 2.75) is 32.4 Å². The molecular formula is C12H17FN2O2. The minimum Gasteiger partial charge on any atom is -0.396 e. The molecule has 0 aromatic heterocycles. The summed E-state index contributed by atoms with van der Waals surface area (Å²) < 4.78 is 12.9. The molecule has 0 saturated heterocycles. The summed E-state index contributed by atoms with van der Waals surface area (Å²) in [5.41, 5.74) is 5.63. The SMILES string of the molecule is CC(O)CC(C)NC(=O)c1ccc(F)c(N)c1. The van der Waals surface area contributed by atoms with Gasteiger partial charge in [-0.2, -0.15) is 0 Å². The molecule has 0 bridgehead atoms. The Morgan fingerprint density at radius 3 is 2.71 bits per heavy atom. The summed E-state index contributed by atoms with van der Waals surface area (Å²) >= 11 is 0. The van der Waals surface area contributed by atoms with Crippen molar-refractivity contribution in [1.82, 2.24) is 5.32 Å². The summed E-state index contributed by atoms with van der Waals surface area (Å²) in [7, 11) is 0. The molecular weight excluding hydrogens is 223 g/mol. The van der Waals surface area contributed by atoms with Crippen LogP contribution in [0.3, 0.4) is 0 Å². The van der Waals surface area contributed by atoms with E-state index < -0.39 is 11.9 Å². The largest absolute Gasteiger partial charge is 0.396 e. The third-order valence-electron chi connectivity index (χ3n) is 2.33. The number of hydrogen-bond donors (Lipinski definition) is 3. The number of halogens is 1. The van der Waals surface area contributed by atoms with Crippen molar-refractivity contribution in [2.24, 2.45) is 0 Å². The number of amides is 1. The first kappa shape index (κ1) is 13.4. The highest BCUT2D eigenvalue weighted by Gasteiger charge is 2.12. The first-order chi connectivity index (χ1) is 7.90. The highest BCUT2D eigenvalue weighted by atomic mass is 19.1. The monoisotopic (exact) mass is 240 g/mol. The van der Waals surface area contributed by atoms with Gasteiger partial charge in [-0.3, -0.25) is 4.79 Å². The van der Waals surface area contributed by atoms with Crippen molar-refractivity contribution >= 4 is 11.6 Å². The van der Waals surface area contributed by atoms with Crippen molar-refractivity contribution in [3.8, 4) is 0 Å². The Kier molecular flexibility index (Phi) is 4.45. The van der Waals surface area contributed by atoms with Gasteiger partial charge in [-0.25, -0.2) is 4.39 Å². The number of carbonyl (C=O) groups excluding carboxylic acids is 1. The smallest absolute Gasteiger partial charge is 0.251 e. The zero-order valence-corrected chi connectivity index (χ0v) is 9.90. The van der Waals surface area contributed by atoms with Crippen LogP contribution in [0.2, 0.25) is 0 Å². The molecule has 17 heavy (non-hydrogen) atoms. The molecule has 94 valence electrons. The van der Waals surface area contributed by atoms with E-state index in [1.165, 1.54) is 12.1 Å². The van der Waals surface area contributed by atoms with Gasteiger partial charge in [-0.1, -0.05) is 0 Å². The van der Waals surface area contributed by atoms with Crippen molar-refractivity contribution in [2.75, 3.05) is 5.73 Å². The van der Waals surface area contributed by atoms with Gasteiger partial charge in [-0.05, 0) is 38.5 Å². The fraction of sp³-hybridized carbons (Fsp3) is 0.417. The van der Waals surface area contributed by atoms with Gasteiger partial charge in [0.15, 0.2) is 0 Å². The van der Waals surface area contributed by atoms with E-state index in [9.17, 15) is 9.18 Å². The van der Waals surface area contributed by atoms with Crippen LogP contribution >= 0.6 is 0 Å². The third kappa shape index (κ3) is 4.03. The maximum Gasteiger partial charge on any atom is 0.251 e. The van der Waals surface area contributed by atoms with Gasteiger partial charge in [-0.15, -0.1) is 0 Å². The van der Waals surface area contributed by atoms with E-state index in [4.69, 9.17) is 10.8 Å². The van der Waals surface area contributed by atoms with E-state index in [0.717, 1.165) is 6.07 Å². The Morgan fingerprint density at radius 1 is 1.53 bits per heavy atom. The average Bonchev–Trinajstić information content (AvgIpc) is 2.20. The maximum atomic E-state index is 12.9. The van der Waals surface area contributed by atoms with Crippen LogP contribution < -0.4 is 11.1 Å². The van der Waals surface area contributed by atoms with Crippen LogP contribution in [-0.4, -0.2) is 23.2 Å². The Morgan fingerprint density at radius 2 is 2.18 bits per heavy atom. The molecule has 1 amide bonds. The molecule has 0 radical (unpaired) electrons. The number of nitrogens with one attached hydrogen (secondary N) is 1. The lowest BCUT2D eigenvalue weighted by Gasteiger charge is -2.15. The van der Waals surface area contributed by atoms with E-state index in [-0.39, 0.29) is 17.6 Å². The van der Waals surface area contributed by atoms with Gasteiger partial charge in [0.05, 0.1) is 11.8 Å². The molecule has 0 aliphatic heterocycles. The number of benzene rings is 1. The number of aliphatic hydroxyl groups excluding tert-OH is 1. The highest BCUT2D eigenvalue weighted by Crippen LogP contribution is 2.12. The number of carbonyl (C=O) groups is 1. The number of aliphatic hydroxyl groups is 1. The van der Waals surface area contributed by atoms with Gasteiger partial charge in [0.1, 0.15) is 5.82 Å². The number of hydrogen-bond acceptors (Lipinski definition) is 3. The molecule has 2 unspecified atom stereocenters. The number of anilines is 1. The average molecular weight is 240 g/mol. The van der Waals surface area contributed by atoms with Gasteiger partial charge in [0, 0.05) is 11.6 Å². The Bertz CT molecular complexity index is 407. The standard InChI is InChI=1S/C12H17FN2O2/c1-7(5-8(2)16)15-12(17)9-3-4-10(13)11(14)6-9/h3-4,6-8,16H,5,14H2,1-2H3,(H,15,17). The fourth-order valence-corrected chi connectivity index (χ4v) is 1.56. The Hall–Kier alpha value is -1.62. The first-order valence-electron chi connectivity index (χ1n) is 5.44. The van der Waals surface area contributed by atoms with Crippen LogP contribution in [0.4, 0.5) is 10.1 Å². The molecule has 0 heterocycles. The van der Waals surface area contributed by atoms with Crippen molar-refractivity contribution < 1.29 is 14.3 Å². The van der Waals surface area contributed by atoms with Crippen LogP contribution in [0.5, 0.6) is 0 Å². The lowest BCUT2D eigenvalue weighted by molar-refractivity contribution is 0.0923. The van der Waals surface area contributed by atoms with Crippen molar-refractivity contribution in [1.29, 1.82) is 0 Å². The van der Waals surface area contributed by atoms with E-state index >= 15 is 0 Å². The number of nitrogen functional groups attached to an aromatic ring is 1. The molecule has 1 aromatic carbocycles. The zero-order valence-electron chi connectivity index (χ0n) is 9.90. The molecule has 1 rings (SSSR count). The minimum atomic E-state index is -0.543. The number of nitrogens with two attached hydrogens (primary N) is 1. The lowest BCUT2D eigenvalue weighted by atomic mass is 10.1. The molecule has 2 atom stereocenters. The topological polar surface area (TPSA) is 75.3 Å². The highest BCUT2D eigenvalue weighted by molar-refractivity contribution is 5.95. The van der Waals surface area contributed by atoms with Crippen LogP contribution in [0.15, 0.2) is 18.2 Å². The quantitative estimate of drug-likeness (QED) is 0.694. The summed E-state index contributed by atoms with van der Waals surface area (Å²) in [5, 5.41) is 11.9. The summed E-state index contributed by atoms with van der Waals surface area (Å²) in [6.45, 7) is 3.44.